The maximum atomic E-state index is 12.8. The number of aryl methyl sites for hydroxylation is 1. The van der Waals surface area contributed by atoms with E-state index in [0.29, 0.717) is 22.1 Å². The van der Waals surface area contributed by atoms with Crippen LogP contribution in [0.5, 0.6) is 0 Å². The van der Waals surface area contributed by atoms with Gasteiger partial charge in [-0.1, -0.05) is 73.6 Å². The van der Waals surface area contributed by atoms with E-state index in [1.807, 2.05) is 68.8 Å². The lowest BCUT2D eigenvalue weighted by Crippen LogP contribution is -2.33. The van der Waals surface area contributed by atoms with Crippen LogP contribution in [0.25, 0.3) is 0 Å². The molecule has 6 nitrogen and oxygen atoms in total. The second-order valence-electron chi connectivity index (χ2n) is 7.54. The Morgan fingerprint density at radius 3 is 2.40 bits per heavy atom. The molecule has 156 valence electrons. The highest BCUT2D eigenvalue weighted by Gasteiger charge is 2.25. The van der Waals surface area contributed by atoms with Gasteiger partial charge in [-0.3, -0.25) is 9.59 Å². The molecule has 1 heterocycles. The fraction of sp³-hybridized carbons (Fsp3) is 0.304. The first-order valence-corrected chi connectivity index (χ1v) is 10.8. The van der Waals surface area contributed by atoms with Gasteiger partial charge >= 0.3 is 0 Å². The fourth-order valence-electron chi connectivity index (χ4n) is 3.10. The van der Waals surface area contributed by atoms with Gasteiger partial charge in [0.25, 0.3) is 5.91 Å². The quantitative estimate of drug-likeness (QED) is 0.434. The van der Waals surface area contributed by atoms with E-state index >= 15 is 0 Å². The van der Waals surface area contributed by atoms with Crippen molar-refractivity contribution >= 4 is 23.5 Å². The summed E-state index contributed by atoms with van der Waals surface area (Å²) in [4.78, 5) is 25.1. The van der Waals surface area contributed by atoms with Gasteiger partial charge in [-0.2, -0.15) is 0 Å². The third kappa shape index (κ3) is 5.16. The highest BCUT2D eigenvalue weighted by atomic mass is 32.2. The molecule has 2 aromatic carbocycles. The molecule has 1 atom stereocenters. The Labute approximate surface area is 181 Å². The number of nitrogens with zero attached hydrogens (tertiary/aromatic N) is 3. The molecular weight excluding hydrogens is 396 g/mol. The van der Waals surface area contributed by atoms with Crippen LogP contribution in [-0.2, 0) is 7.05 Å². The predicted octanol–water partition coefficient (Wildman–Crippen LogP) is 4.23. The minimum atomic E-state index is -0.297. The van der Waals surface area contributed by atoms with Crippen molar-refractivity contribution in [3.8, 4) is 0 Å². The van der Waals surface area contributed by atoms with E-state index in [4.69, 9.17) is 0 Å². The van der Waals surface area contributed by atoms with Crippen molar-refractivity contribution in [1.82, 2.24) is 20.1 Å². The second kappa shape index (κ2) is 9.71. The molecule has 0 saturated carbocycles. The van der Waals surface area contributed by atoms with Crippen molar-refractivity contribution in [1.29, 1.82) is 0 Å². The summed E-state index contributed by atoms with van der Waals surface area (Å²) in [5.74, 6) is 0.955. The van der Waals surface area contributed by atoms with Crippen molar-refractivity contribution < 1.29 is 9.59 Å². The molecule has 3 rings (SSSR count). The molecule has 1 amide bonds. The van der Waals surface area contributed by atoms with Crippen molar-refractivity contribution in [2.24, 2.45) is 13.0 Å². The van der Waals surface area contributed by atoms with E-state index in [9.17, 15) is 9.59 Å². The first kappa shape index (κ1) is 21.8. The monoisotopic (exact) mass is 422 g/mol. The molecule has 7 heteroatoms. The average molecular weight is 423 g/mol. The lowest BCUT2D eigenvalue weighted by molar-refractivity contribution is 0.0921. The smallest absolute Gasteiger partial charge is 0.251 e. The van der Waals surface area contributed by atoms with Gasteiger partial charge in [0.05, 0.1) is 11.8 Å². The van der Waals surface area contributed by atoms with Gasteiger partial charge in [0.1, 0.15) is 0 Å². The van der Waals surface area contributed by atoms with Crippen LogP contribution in [0.3, 0.4) is 0 Å². The Morgan fingerprint density at radius 2 is 1.73 bits per heavy atom. The Bertz CT molecular complexity index is 1030. The number of nitrogens with one attached hydrogen (secondary N) is 1. The van der Waals surface area contributed by atoms with Gasteiger partial charge in [-0.25, -0.2) is 0 Å². The molecule has 1 aromatic heterocycles. The zero-order valence-electron chi connectivity index (χ0n) is 17.6. The molecule has 0 aliphatic heterocycles. The number of carbonyl (C=O) groups excluding carboxylic acids is 2. The van der Waals surface area contributed by atoms with Crippen LogP contribution in [0.4, 0.5) is 0 Å². The van der Waals surface area contributed by atoms with Crippen LogP contribution in [-0.4, -0.2) is 32.2 Å². The van der Waals surface area contributed by atoms with Crippen molar-refractivity contribution in [2.45, 2.75) is 32.0 Å². The van der Waals surface area contributed by atoms with Crippen LogP contribution in [0.1, 0.15) is 52.0 Å². The zero-order chi connectivity index (χ0) is 21.7. The minimum Gasteiger partial charge on any atom is -0.342 e. The largest absolute Gasteiger partial charge is 0.342 e. The molecule has 0 aliphatic carbocycles. The van der Waals surface area contributed by atoms with Crippen LogP contribution < -0.4 is 5.32 Å². The summed E-state index contributed by atoms with van der Waals surface area (Å²) in [7, 11) is 1.86. The summed E-state index contributed by atoms with van der Waals surface area (Å²) in [6.45, 7) is 6.02. The van der Waals surface area contributed by atoms with Crippen LogP contribution in [0, 0.1) is 12.8 Å². The lowest BCUT2D eigenvalue weighted by atomic mass is 10.0. The van der Waals surface area contributed by atoms with E-state index in [1.165, 1.54) is 11.8 Å². The Hall–Kier alpha value is -2.93. The third-order valence-electron chi connectivity index (χ3n) is 4.81. The third-order valence-corrected chi connectivity index (χ3v) is 5.83. The summed E-state index contributed by atoms with van der Waals surface area (Å²) in [6, 6.07) is 16.4. The number of Topliss-reactive ketones (excluding diaryl/α,β-unsaturated/α-hetero) is 1. The molecule has 0 fully saturated rings. The number of thioether (sulfide) groups is 1. The molecule has 0 bridgehead atoms. The molecule has 1 N–H and O–H groups in total. The maximum absolute atomic E-state index is 12.8. The van der Waals surface area contributed by atoms with Crippen LogP contribution in [0.15, 0.2) is 59.8 Å². The summed E-state index contributed by atoms with van der Waals surface area (Å²) < 4.78 is 1.85. The van der Waals surface area contributed by atoms with Gasteiger partial charge in [-0.05, 0) is 25.0 Å². The topological polar surface area (TPSA) is 76.9 Å². The highest BCUT2D eigenvalue weighted by Crippen LogP contribution is 2.25. The number of carbonyl (C=O) groups is 2. The van der Waals surface area contributed by atoms with Gasteiger partial charge in [0.15, 0.2) is 16.8 Å². The Balaban J connectivity index is 1.72. The van der Waals surface area contributed by atoms with E-state index in [0.717, 1.165) is 5.56 Å². The van der Waals surface area contributed by atoms with Crippen molar-refractivity contribution in [3.63, 3.8) is 0 Å². The molecular formula is C23H26N4O2S. The normalized spacial score (nSPS) is 12.0. The molecule has 0 spiro atoms. The number of hydrogen-bond donors (Lipinski definition) is 1. The minimum absolute atomic E-state index is 0.0401. The van der Waals surface area contributed by atoms with E-state index in [-0.39, 0.29) is 29.4 Å². The van der Waals surface area contributed by atoms with Crippen molar-refractivity contribution in [2.75, 3.05) is 5.75 Å². The molecule has 30 heavy (non-hydrogen) atoms. The zero-order valence-corrected chi connectivity index (χ0v) is 18.4. The van der Waals surface area contributed by atoms with Crippen molar-refractivity contribution in [3.05, 3.63) is 77.1 Å². The Morgan fingerprint density at radius 1 is 1.03 bits per heavy atom. The number of rotatable bonds is 8. The number of benzene rings is 2. The van der Waals surface area contributed by atoms with Gasteiger partial charge in [0.2, 0.25) is 0 Å². The molecule has 0 saturated heterocycles. The summed E-state index contributed by atoms with van der Waals surface area (Å²) >= 11 is 1.34. The number of hydrogen-bond acceptors (Lipinski definition) is 5. The standard InChI is InChI=1S/C23H26N4O2S/c1-15(2)20(24-22(29)18-12-8-9-16(3)13-18)21-25-26-23(27(21)4)30-14-19(28)17-10-6-5-7-11-17/h5-13,15,20H,14H2,1-4H3,(H,24,29)/t20-/m0/s1. The van der Waals surface area contributed by atoms with E-state index in [1.54, 1.807) is 18.2 Å². The SMILES string of the molecule is Cc1cccc(C(=O)N[C@H](c2nnc(SCC(=O)c3ccccc3)n2C)C(C)C)c1. The summed E-state index contributed by atoms with van der Waals surface area (Å²) in [5.41, 5.74) is 2.33. The van der Waals surface area contributed by atoms with E-state index in [2.05, 4.69) is 15.5 Å². The predicted molar refractivity (Wildman–Crippen MR) is 119 cm³/mol. The molecule has 0 radical (unpaired) electrons. The van der Waals surface area contributed by atoms with Gasteiger partial charge in [-0.15, -0.1) is 10.2 Å². The maximum Gasteiger partial charge on any atom is 0.251 e. The van der Waals surface area contributed by atoms with Crippen LogP contribution in [0.2, 0.25) is 0 Å². The van der Waals surface area contributed by atoms with Crippen LogP contribution >= 0.6 is 11.8 Å². The number of amides is 1. The highest BCUT2D eigenvalue weighted by molar-refractivity contribution is 7.99. The number of aromatic nitrogens is 3. The van der Waals surface area contributed by atoms with Gasteiger partial charge < -0.3 is 9.88 Å². The van der Waals surface area contributed by atoms with Gasteiger partial charge in [0, 0.05) is 18.2 Å². The Kier molecular flexibility index (Phi) is 7.05. The first-order valence-electron chi connectivity index (χ1n) is 9.84. The molecule has 3 aromatic rings. The first-order chi connectivity index (χ1) is 14.4. The average Bonchev–Trinajstić information content (AvgIpc) is 3.10. The molecule has 0 unspecified atom stereocenters. The summed E-state index contributed by atoms with van der Waals surface area (Å²) in [5, 5.41) is 12.3. The molecule has 0 aliphatic rings. The lowest BCUT2D eigenvalue weighted by Gasteiger charge is -2.21. The second-order valence-corrected chi connectivity index (χ2v) is 8.48. The summed E-state index contributed by atoms with van der Waals surface area (Å²) in [6.07, 6.45) is 0. The number of ketones is 1. The fourth-order valence-corrected chi connectivity index (χ4v) is 3.91. The van der Waals surface area contributed by atoms with E-state index < -0.39 is 0 Å².